The zero-order valence-electron chi connectivity index (χ0n) is 12.8. The molecular formula is C17H20N4O. The average molecular weight is 296 g/mol. The number of β-amino-alcohol motifs (C(OH)–C–C–N with tert-alkyl or cyclic N) is 1. The van der Waals surface area contributed by atoms with Crippen molar-refractivity contribution >= 4 is 5.82 Å². The molecule has 0 amide bonds. The second-order valence-electron chi connectivity index (χ2n) is 6.55. The summed E-state index contributed by atoms with van der Waals surface area (Å²) in [5.74, 6) is 1.79. The number of anilines is 1. The first-order valence-electron chi connectivity index (χ1n) is 7.90. The van der Waals surface area contributed by atoms with E-state index in [9.17, 15) is 5.11 Å². The van der Waals surface area contributed by atoms with Crippen LogP contribution in [0.2, 0.25) is 0 Å². The first-order valence-corrected chi connectivity index (χ1v) is 7.90. The fourth-order valence-electron chi connectivity index (χ4n) is 3.43. The number of aliphatic hydroxyl groups is 1. The van der Waals surface area contributed by atoms with Gasteiger partial charge in [0.1, 0.15) is 5.82 Å². The van der Waals surface area contributed by atoms with Gasteiger partial charge in [-0.05, 0) is 44.7 Å². The lowest BCUT2D eigenvalue weighted by atomic mass is 10.1. The molecule has 1 saturated heterocycles. The van der Waals surface area contributed by atoms with Crippen LogP contribution in [-0.2, 0) is 12.8 Å². The second kappa shape index (κ2) is 5.02. The highest BCUT2D eigenvalue weighted by molar-refractivity contribution is 5.61. The Labute approximate surface area is 130 Å². The van der Waals surface area contributed by atoms with E-state index in [0.717, 1.165) is 49.4 Å². The summed E-state index contributed by atoms with van der Waals surface area (Å²) in [4.78, 5) is 15.9. The fourth-order valence-corrected chi connectivity index (χ4v) is 3.43. The lowest BCUT2D eigenvalue weighted by molar-refractivity contribution is 0.0839. The van der Waals surface area contributed by atoms with Crippen molar-refractivity contribution in [3.63, 3.8) is 0 Å². The zero-order chi connectivity index (χ0) is 15.2. The molecule has 1 fully saturated rings. The van der Waals surface area contributed by atoms with E-state index in [2.05, 4.69) is 9.88 Å². The predicted molar refractivity (Wildman–Crippen MR) is 84.7 cm³/mol. The van der Waals surface area contributed by atoms with Crippen molar-refractivity contribution in [3.05, 3.63) is 35.8 Å². The van der Waals surface area contributed by atoms with Crippen molar-refractivity contribution < 1.29 is 5.11 Å². The molecule has 2 aromatic rings. The first kappa shape index (κ1) is 13.6. The quantitative estimate of drug-likeness (QED) is 0.918. The molecule has 22 heavy (non-hydrogen) atoms. The molecule has 4 rings (SSSR count). The summed E-state index contributed by atoms with van der Waals surface area (Å²) in [6, 6.07) is 3.89. The van der Waals surface area contributed by atoms with Crippen LogP contribution in [-0.4, -0.2) is 38.7 Å². The number of nitrogens with zero attached hydrogens (tertiary/aromatic N) is 4. The van der Waals surface area contributed by atoms with E-state index in [4.69, 9.17) is 9.97 Å². The summed E-state index contributed by atoms with van der Waals surface area (Å²) in [6.07, 6.45) is 7.53. The van der Waals surface area contributed by atoms with Gasteiger partial charge in [-0.2, -0.15) is 0 Å². The molecule has 1 N–H and O–H groups in total. The number of aryl methyl sites for hydroxylation is 1. The standard InChI is InChI=1S/C17H20N4O/c1-17(22)7-10-21(11-17)16-13-3-2-4-14(13)19-15(20-16)12-5-8-18-9-6-12/h5-6,8-9,22H,2-4,7,10-11H2,1H3. The summed E-state index contributed by atoms with van der Waals surface area (Å²) in [5, 5.41) is 10.3. The van der Waals surface area contributed by atoms with E-state index >= 15 is 0 Å². The topological polar surface area (TPSA) is 62.1 Å². The van der Waals surface area contributed by atoms with Crippen LogP contribution in [0.3, 0.4) is 0 Å². The molecule has 2 aliphatic rings. The largest absolute Gasteiger partial charge is 0.388 e. The summed E-state index contributed by atoms with van der Waals surface area (Å²) >= 11 is 0. The Hall–Kier alpha value is -2.01. The minimum Gasteiger partial charge on any atom is -0.388 e. The van der Waals surface area contributed by atoms with Gasteiger partial charge in [-0.15, -0.1) is 0 Å². The zero-order valence-corrected chi connectivity index (χ0v) is 12.8. The Balaban J connectivity index is 1.79. The van der Waals surface area contributed by atoms with Crippen LogP contribution >= 0.6 is 0 Å². The molecule has 1 aliphatic carbocycles. The maximum absolute atomic E-state index is 10.3. The summed E-state index contributed by atoms with van der Waals surface area (Å²) in [5.41, 5.74) is 2.82. The van der Waals surface area contributed by atoms with Crippen molar-refractivity contribution in [1.82, 2.24) is 15.0 Å². The van der Waals surface area contributed by atoms with Gasteiger partial charge < -0.3 is 10.0 Å². The number of hydrogen-bond donors (Lipinski definition) is 1. The van der Waals surface area contributed by atoms with E-state index in [1.54, 1.807) is 12.4 Å². The Morgan fingerprint density at radius 1 is 1.18 bits per heavy atom. The third-order valence-corrected chi connectivity index (χ3v) is 4.60. The SMILES string of the molecule is CC1(O)CCN(c2nc(-c3ccncc3)nc3c2CCC3)C1. The average Bonchev–Trinajstić information content (AvgIpc) is 3.13. The number of pyridine rings is 1. The van der Waals surface area contributed by atoms with E-state index in [0.29, 0.717) is 6.54 Å². The van der Waals surface area contributed by atoms with Crippen molar-refractivity contribution in [1.29, 1.82) is 0 Å². The smallest absolute Gasteiger partial charge is 0.161 e. The molecule has 0 spiro atoms. The lowest BCUT2D eigenvalue weighted by Crippen LogP contribution is -2.30. The van der Waals surface area contributed by atoms with E-state index in [1.165, 1.54) is 11.3 Å². The van der Waals surface area contributed by atoms with Gasteiger partial charge in [0.15, 0.2) is 5.82 Å². The van der Waals surface area contributed by atoms with E-state index < -0.39 is 5.60 Å². The molecule has 0 saturated carbocycles. The van der Waals surface area contributed by atoms with Gasteiger partial charge in [-0.3, -0.25) is 4.98 Å². The van der Waals surface area contributed by atoms with Crippen LogP contribution in [0.4, 0.5) is 5.82 Å². The highest BCUT2D eigenvalue weighted by Crippen LogP contribution is 2.34. The Bertz CT molecular complexity index is 699. The fraction of sp³-hybridized carbons (Fsp3) is 0.471. The number of aromatic nitrogens is 3. The van der Waals surface area contributed by atoms with Gasteiger partial charge in [-0.1, -0.05) is 0 Å². The van der Waals surface area contributed by atoms with Gasteiger partial charge in [-0.25, -0.2) is 9.97 Å². The van der Waals surface area contributed by atoms with Gasteiger partial charge in [0, 0.05) is 42.3 Å². The maximum Gasteiger partial charge on any atom is 0.161 e. The number of rotatable bonds is 2. The normalized spacial score (nSPS) is 23.8. The third-order valence-electron chi connectivity index (χ3n) is 4.60. The molecule has 1 unspecified atom stereocenters. The number of hydrogen-bond acceptors (Lipinski definition) is 5. The molecule has 2 aromatic heterocycles. The second-order valence-corrected chi connectivity index (χ2v) is 6.55. The highest BCUT2D eigenvalue weighted by Gasteiger charge is 2.34. The van der Waals surface area contributed by atoms with Crippen LogP contribution in [0.15, 0.2) is 24.5 Å². The molecule has 0 aromatic carbocycles. The molecule has 3 heterocycles. The summed E-state index contributed by atoms with van der Waals surface area (Å²) in [6.45, 7) is 3.40. The Kier molecular flexibility index (Phi) is 3.11. The molecule has 0 radical (unpaired) electrons. The van der Waals surface area contributed by atoms with Crippen molar-refractivity contribution in [3.8, 4) is 11.4 Å². The van der Waals surface area contributed by atoms with E-state index in [-0.39, 0.29) is 0 Å². The number of fused-ring (bicyclic) bond motifs is 1. The molecular weight excluding hydrogens is 276 g/mol. The van der Waals surface area contributed by atoms with Crippen LogP contribution in [0, 0.1) is 0 Å². The maximum atomic E-state index is 10.3. The van der Waals surface area contributed by atoms with Crippen molar-refractivity contribution in [2.24, 2.45) is 0 Å². The Morgan fingerprint density at radius 3 is 2.73 bits per heavy atom. The van der Waals surface area contributed by atoms with Crippen molar-refractivity contribution in [2.75, 3.05) is 18.0 Å². The Morgan fingerprint density at radius 2 is 2.00 bits per heavy atom. The summed E-state index contributed by atoms with van der Waals surface area (Å²) < 4.78 is 0. The van der Waals surface area contributed by atoms with Crippen LogP contribution < -0.4 is 4.90 Å². The van der Waals surface area contributed by atoms with Gasteiger partial charge in [0.05, 0.1) is 5.60 Å². The van der Waals surface area contributed by atoms with E-state index in [1.807, 2.05) is 19.1 Å². The molecule has 1 atom stereocenters. The van der Waals surface area contributed by atoms with Crippen LogP contribution in [0.25, 0.3) is 11.4 Å². The molecule has 1 aliphatic heterocycles. The van der Waals surface area contributed by atoms with Gasteiger partial charge in [0.25, 0.3) is 0 Å². The highest BCUT2D eigenvalue weighted by atomic mass is 16.3. The summed E-state index contributed by atoms with van der Waals surface area (Å²) in [7, 11) is 0. The molecule has 5 heteroatoms. The third kappa shape index (κ3) is 2.35. The molecule has 0 bridgehead atoms. The van der Waals surface area contributed by atoms with Crippen LogP contribution in [0.5, 0.6) is 0 Å². The molecule has 114 valence electrons. The minimum atomic E-state index is -0.618. The van der Waals surface area contributed by atoms with Gasteiger partial charge in [0.2, 0.25) is 0 Å². The predicted octanol–water partition coefficient (Wildman–Crippen LogP) is 1.99. The molecule has 5 nitrogen and oxygen atoms in total. The minimum absolute atomic E-state index is 0.618. The van der Waals surface area contributed by atoms with Gasteiger partial charge >= 0.3 is 0 Å². The first-order chi connectivity index (χ1) is 10.6. The van der Waals surface area contributed by atoms with Crippen LogP contribution in [0.1, 0.15) is 31.0 Å². The monoisotopic (exact) mass is 296 g/mol. The lowest BCUT2D eigenvalue weighted by Gasteiger charge is -2.22. The van der Waals surface area contributed by atoms with Crippen molar-refractivity contribution in [2.45, 2.75) is 38.2 Å².